The molecule has 7 heteroatoms. The van der Waals surface area contributed by atoms with Gasteiger partial charge in [0.15, 0.2) is 0 Å². The van der Waals surface area contributed by atoms with E-state index in [1.165, 1.54) is 0 Å². The molecule has 0 aromatic rings. The van der Waals surface area contributed by atoms with Gasteiger partial charge in [0, 0.05) is 18.1 Å². The van der Waals surface area contributed by atoms with Crippen molar-refractivity contribution in [2.75, 3.05) is 0 Å². The second-order valence-electron chi connectivity index (χ2n) is 6.52. The van der Waals surface area contributed by atoms with Crippen molar-refractivity contribution >= 4 is 10.0 Å². The second kappa shape index (κ2) is 6.27. The number of primary sulfonamides is 1. The fraction of sp³-hybridized carbons (Fsp3) is 1.00. The molecule has 0 aromatic heterocycles. The number of hydrogen-bond donors (Lipinski definition) is 4. The molecule has 0 aromatic carbocycles. The van der Waals surface area contributed by atoms with Gasteiger partial charge in [0.25, 0.3) is 0 Å². The van der Waals surface area contributed by atoms with Crippen molar-refractivity contribution in [2.24, 2.45) is 16.8 Å². The lowest BCUT2D eigenvalue weighted by atomic mass is 9.80. The van der Waals surface area contributed by atoms with Crippen LogP contribution in [0, 0.1) is 5.92 Å². The largest absolute Gasteiger partial charge is 0.391 e. The van der Waals surface area contributed by atoms with Crippen molar-refractivity contribution in [3.05, 3.63) is 0 Å². The molecule has 2 aliphatic rings. The minimum absolute atomic E-state index is 0.124. The van der Waals surface area contributed by atoms with Crippen LogP contribution in [0.1, 0.15) is 45.4 Å². The van der Waals surface area contributed by atoms with Crippen LogP contribution < -0.4 is 16.2 Å². The van der Waals surface area contributed by atoms with Gasteiger partial charge in [0.05, 0.1) is 11.4 Å². The third-order valence-corrected chi connectivity index (χ3v) is 6.31. The monoisotopic (exact) mass is 305 g/mol. The first-order valence-corrected chi connectivity index (χ1v) is 9.09. The molecule has 20 heavy (non-hydrogen) atoms. The summed E-state index contributed by atoms with van der Waals surface area (Å²) in [6.45, 7) is 2.15. The molecule has 2 aliphatic carbocycles. The molecule has 6 N–H and O–H groups in total. The number of hydrogen-bond acceptors (Lipinski definition) is 5. The van der Waals surface area contributed by atoms with Crippen LogP contribution >= 0.6 is 0 Å². The molecule has 0 aliphatic heterocycles. The molecule has 0 amide bonds. The zero-order chi connectivity index (χ0) is 14.9. The number of nitrogens with two attached hydrogens (primary N) is 2. The maximum Gasteiger partial charge on any atom is 0.211 e. The Morgan fingerprint density at radius 3 is 2.30 bits per heavy atom. The highest BCUT2D eigenvalue weighted by Crippen LogP contribution is 2.28. The summed E-state index contributed by atoms with van der Waals surface area (Å²) in [4.78, 5) is 0. The summed E-state index contributed by atoms with van der Waals surface area (Å²) in [5.41, 5.74) is 5.87. The van der Waals surface area contributed by atoms with Gasteiger partial charge in [-0.15, -0.1) is 0 Å². The highest BCUT2D eigenvalue weighted by molar-refractivity contribution is 7.89. The van der Waals surface area contributed by atoms with Crippen LogP contribution in [0.25, 0.3) is 0 Å². The highest BCUT2D eigenvalue weighted by Gasteiger charge is 2.35. The zero-order valence-electron chi connectivity index (χ0n) is 12.0. The Morgan fingerprint density at radius 1 is 1.15 bits per heavy atom. The van der Waals surface area contributed by atoms with E-state index < -0.39 is 16.1 Å². The van der Waals surface area contributed by atoms with Gasteiger partial charge >= 0.3 is 0 Å². The summed E-state index contributed by atoms with van der Waals surface area (Å²) in [5.74, 6) is 0.435. The molecule has 0 radical (unpaired) electrons. The lowest BCUT2D eigenvalue weighted by molar-refractivity contribution is 0.0633. The van der Waals surface area contributed by atoms with Crippen molar-refractivity contribution in [1.29, 1.82) is 0 Å². The number of aliphatic hydroxyl groups is 1. The molecule has 2 saturated carbocycles. The second-order valence-corrected chi connectivity index (χ2v) is 8.36. The van der Waals surface area contributed by atoms with E-state index >= 15 is 0 Å². The zero-order valence-corrected chi connectivity index (χ0v) is 12.8. The first-order valence-electron chi connectivity index (χ1n) is 7.48. The van der Waals surface area contributed by atoms with Crippen molar-refractivity contribution in [3.63, 3.8) is 0 Å². The van der Waals surface area contributed by atoms with E-state index in [4.69, 9.17) is 10.9 Å². The van der Waals surface area contributed by atoms with Crippen molar-refractivity contribution in [1.82, 2.24) is 5.32 Å². The van der Waals surface area contributed by atoms with Gasteiger partial charge in [0.2, 0.25) is 10.0 Å². The molecule has 0 saturated heterocycles. The molecule has 4 atom stereocenters. The molecule has 0 heterocycles. The Balaban J connectivity index is 1.83. The van der Waals surface area contributed by atoms with Gasteiger partial charge in [-0.1, -0.05) is 6.92 Å². The molecule has 118 valence electrons. The van der Waals surface area contributed by atoms with Crippen molar-refractivity contribution < 1.29 is 13.5 Å². The SMILES string of the molecule is CC1CC(N)C(O)CC1NC1CCC(S(N)(=O)=O)CC1. The van der Waals surface area contributed by atoms with E-state index in [-0.39, 0.29) is 17.3 Å². The molecular weight excluding hydrogens is 278 g/mol. The normalized spacial score (nSPS) is 43.4. The number of rotatable bonds is 3. The van der Waals surface area contributed by atoms with Crippen LogP contribution in [0.5, 0.6) is 0 Å². The Hall–Kier alpha value is -0.210. The maximum atomic E-state index is 11.3. The topological polar surface area (TPSA) is 118 Å². The molecular formula is C13H27N3O3S. The summed E-state index contributed by atoms with van der Waals surface area (Å²) in [7, 11) is -3.39. The Kier molecular flexibility index (Phi) is 5.07. The predicted molar refractivity (Wildman–Crippen MR) is 78.5 cm³/mol. The molecule has 0 bridgehead atoms. The van der Waals surface area contributed by atoms with Gasteiger partial charge in [-0.3, -0.25) is 0 Å². The van der Waals surface area contributed by atoms with Gasteiger partial charge in [-0.2, -0.15) is 0 Å². The molecule has 4 unspecified atom stereocenters. The minimum atomic E-state index is -3.39. The highest BCUT2D eigenvalue weighted by atomic mass is 32.2. The number of sulfonamides is 1. The van der Waals surface area contributed by atoms with Crippen LogP contribution in [-0.4, -0.2) is 43.0 Å². The van der Waals surface area contributed by atoms with E-state index in [1.807, 2.05) is 0 Å². The summed E-state index contributed by atoms with van der Waals surface area (Å²) in [5, 5.41) is 18.3. The van der Waals surface area contributed by atoms with Crippen molar-refractivity contribution in [3.8, 4) is 0 Å². The van der Waals surface area contributed by atoms with Gasteiger partial charge in [-0.05, 0) is 44.4 Å². The lowest BCUT2D eigenvalue weighted by Gasteiger charge is -2.40. The van der Waals surface area contributed by atoms with E-state index in [2.05, 4.69) is 12.2 Å². The number of aliphatic hydroxyl groups excluding tert-OH is 1. The Morgan fingerprint density at radius 2 is 1.75 bits per heavy atom. The summed E-state index contributed by atoms with van der Waals surface area (Å²) in [6, 6.07) is 0.462. The third-order valence-electron chi connectivity index (χ3n) is 4.91. The fourth-order valence-electron chi connectivity index (χ4n) is 3.51. The summed E-state index contributed by atoms with van der Waals surface area (Å²) in [6.07, 6.45) is 3.96. The van der Waals surface area contributed by atoms with Gasteiger partial charge in [0.1, 0.15) is 0 Å². The van der Waals surface area contributed by atoms with Crippen LogP contribution in [0.3, 0.4) is 0 Å². The minimum Gasteiger partial charge on any atom is -0.391 e. The smallest absolute Gasteiger partial charge is 0.211 e. The first kappa shape index (κ1) is 16.2. The summed E-state index contributed by atoms with van der Waals surface area (Å²) >= 11 is 0. The van der Waals surface area contributed by atoms with E-state index in [1.54, 1.807) is 0 Å². The molecule has 2 fully saturated rings. The van der Waals surface area contributed by atoms with Gasteiger partial charge in [-0.25, -0.2) is 13.6 Å². The Bertz CT molecular complexity index is 421. The Labute approximate surface area is 121 Å². The lowest BCUT2D eigenvalue weighted by Crippen LogP contribution is -2.53. The van der Waals surface area contributed by atoms with Crippen LogP contribution in [0.2, 0.25) is 0 Å². The van der Waals surface area contributed by atoms with Crippen LogP contribution in [0.15, 0.2) is 0 Å². The van der Waals surface area contributed by atoms with Gasteiger partial charge < -0.3 is 16.2 Å². The molecule has 0 spiro atoms. The maximum absolute atomic E-state index is 11.3. The van der Waals surface area contributed by atoms with Crippen LogP contribution in [-0.2, 0) is 10.0 Å². The van der Waals surface area contributed by atoms with Crippen molar-refractivity contribution in [2.45, 2.75) is 74.9 Å². The van der Waals surface area contributed by atoms with Crippen LogP contribution in [0.4, 0.5) is 0 Å². The quantitative estimate of drug-likeness (QED) is 0.569. The molecule has 2 rings (SSSR count). The average molecular weight is 305 g/mol. The predicted octanol–water partition coefficient (Wildman–Crippen LogP) is -0.338. The average Bonchev–Trinajstić information content (AvgIpc) is 2.35. The summed E-state index contributed by atoms with van der Waals surface area (Å²) < 4.78 is 22.6. The first-order chi connectivity index (χ1) is 9.27. The molecule has 6 nitrogen and oxygen atoms in total. The fourth-order valence-corrected chi connectivity index (χ4v) is 4.44. The van der Waals surface area contributed by atoms with E-state index in [0.29, 0.717) is 31.2 Å². The third kappa shape index (κ3) is 3.92. The standard InChI is InChI=1S/C13H27N3O3S/c1-8-6-11(14)13(17)7-12(8)16-9-2-4-10(5-3-9)20(15,18)19/h8-13,16-17H,2-7,14H2,1H3,(H2,15,18,19). The van der Waals surface area contributed by atoms with E-state index in [9.17, 15) is 13.5 Å². The van der Waals surface area contributed by atoms with E-state index in [0.717, 1.165) is 19.3 Å². The number of nitrogens with one attached hydrogen (secondary N) is 1.